The van der Waals surface area contributed by atoms with Crippen molar-refractivity contribution in [2.24, 2.45) is 0 Å². The number of aromatic nitrogens is 5. The van der Waals surface area contributed by atoms with Crippen molar-refractivity contribution in [3.63, 3.8) is 0 Å². The molecule has 0 aliphatic rings. The first-order chi connectivity index (χ1) is 20.1. The van der Waals surface area contributed by atoms with E-state index < -0.39 is 41.0 Å². The molecule has 1 atom stereocenters. The molecule has 0 amide bonds. The second-order valence-corrected chi connectivity index (χ2v) is 10.0. The number of aliphatic hydroxyl groups is 1. The molecule has 0 spiro atoms. The van der Waals surface area contributed by atoms with Crippen LogP contribution in [0.3, 0.4) is 0 Å². The van der Waals surface area contributed by atoms with Gasteiger partial charge in [0, 0.05) is 34.0 Å². The molecule has 1 unspecified atom stereocenters. The molecule has 5 aromatic rings. The topological polar surface area (TPSA) is 76.7 Å². The van der Waals surface area contributed by atoms with E-state index in [1.54, 1.807) is 0 Å². The Morgan fingerprint density at radius 1 is 0.833 bits per heavy atom. The van der Waals surface area contributed by atoms with Gasteiger partial charge in [0.1, 0.15) is 23.7 Å². The number of benzene rings is 3. The van der Waals surface area contributed by atoms with Gasteiger partial charge in [-0.1, -0.05) is 47.7 Å². The zero-order chi connectivity index (χ0) is 29.7. The first-order valence-corrected chi connectivity index (χ1v) is 13.1. The molecule has 0 bridgehead atoms. The lowest BCUT2D eigenvalue weighted by molar-refractivity contribution is -0.207. The van der Waals surface area contributed by atoms with Crippen LogP contribution < -0.4 is 0 Å². The number of alkyl halides is 2. The van der Waals surface area contributed by atoms with Crippen LogP contribution in [-0.2, 0) is 30.9 Å². The fraction of sp³-hybridized carbons (Fsp3) is 0.161. The van der Waals surface area contributed by atoms with Crippen LogP contribution in [0.5, 0.6) is 0 Å². The maximum atomic E-state index is 15.9. The highest BCUT2D eigenvalue weighted by Crippen LogP contribution is 2.46. The van der Waals surface area contributed by atoms with Gasteiger partial charge in [-0.05, 0) is 82.9 Å². The van der Waals surface area contributed by atoms with Crippen LogP contribution in [0.1, 0.15) is 33.5 Å². The Bertz CT molecular complexity index is 1720. The molecule has 0 radical (unpaired) electrons. The predicted octanol–water partition coefficient (Wildman–Crippen LogP) is 5.86. The van der Waals surface area contributed by atoms with Gasteiger partial charge in [-0.15, -0.1) is 5.10 Å². The summed E-state index contributed by atoms with van der Waals surface area (Å²) in [6.45, 7) is -0.936. The number of hydrogen-bond donors (Lipinski definition) is 1. The van der Waals surface area contributed by atoms with Crippen LogP contribution in [0, 0.1) is 23.5 Å². The predicted molar refractivity (Wildman–Crippen MR) is 147 cm³/mol. The SMILES string of the molecule is OC(Cn1cnnn1)(c1ccc(F)cc1F)C(F)(F)c1ccc(C#Cc2ccc(CCc3ccc(Cl)cc3)cc2)cn1. The molecule has 1 N–H and O–H groups in total. The molecule has 212 valence electrons. The van der Waals surface area contributed by atoms with Crippen LogP contribution in [0.2, 0.25) is 5.02 Å². The van der Waals surface area contributed by atoms with Gasteiger partial charge in [-0.25, -0.2) is 13.5 Å². The Labute approximate surface area is 243 Å². The van der Waals surface area contributed by atoms with Crippen molar-refractivity contribution < 1.29 is 22.7 Å². The van der Waals surface area contributed by atoms with Gasteiger partial charge in [-0.2, -0.15) is 8.78 Å². The van der Waals surface area contributed by atoms with Crippen LogP contribution in [0.15, 0.2) is 91.4 Å². The third-order valence-corrected chi connectivity index (χ3v) is 6.94. The number of rotatable bonds is 8. The third-order valence-electron chi connectivity index (χ3n) is 6.68. The minimum atomic E-state index is -4.15. The fourth-order valence-electron chi connectivity index (χ4n) is 4.37. The molecule has 0 aliphatic carbocycles. The highest BCUT2D eigenvalue weighted by Gasteiger charge is 2.58. The molecule has 0 fully saturated rings. The van der Waals surface area contributed by atoms with Gasteiger partial charge >= 0.3 is 5.92 Å². The van der Waals surface area contributed by atoms with Crippen molar-refractivity contribution in [1.29, 1.82) is 0 Å². The Morgan fingerprint density at radius 3 is 2.07 bits per heavy atom. The molecule has 0 saturated carbocycles. The molecular weight excluding hydrogens is 570 g/mol. The summed E-state index contributed by atoms with van der Waals surface area (Å²) in [6, 6.07) is 19.7. The molecule has 2 heterocycles. The molecule has 6 nitrogen and oxygen atoms in total. The molecule has 11 heteroatoms. The third kappa shape index (κ3) is 6.33. The van der Waals surface area contributed by atoms with Gasteiger partial charge in [0.05, 0.1) is 6.54 Å². The second-order valence-electron chi connectivity index (χ2n) is 9.57. The van der Waals surface area contributed by atoms with Crippen molar-refractivity contribution in [2.45, 2.75) is 30.9 Å². The number of aryl methyl sites for hydroxylation is 2. The molecule has 5 rings (SSSR count). The molecule has 2 aromatic heterocycles. The summed E-state index contributed by atoms with van der Waals surface area (Å²) in [5.41, 5.74) is -1.52. The number of nitrogens with zero attached hydrogens (tertiary/aromatic N) is 5. The van der Waals surface area contributed by atoms with E-state index in [-0.39, 0.29) is 0 Å². The summed E-state index contributed by atoms with van der Waals surface area (Å²) >= 11 is 5.93. The summed E-state index contributed by atoms with van der Waals surface area (Å²) in [5, 5.41) is 22.2. The van der Waals surface area contributed by atoms with Crippen molar-refractivity contribution in [1.82, 2.24) is 25.2 Å². The summed E-state index contributed by atoms with van der Waals surface area (Å²) in [5.74, 6) is -0.641. The van der Waals surface area contributed by atoms with Crippen LogP contribution in [0.25, 0.3) is 0 Å². The second kappa shape index (κ2) is 12.1. The van der Waals surface area contributed by atoms with E-state index in [1.165, 1.54) is 11.6 Å². The normalized spacial score (nSPS) is 12.8. The summed E-state index contributed by atoms with van der Waals surface area (Å²) in [7, 11) is 0. The van der Waals surface area contributed by atoms with E-state index in [9.17, 15) is 13.9 Å². The van der Waals surface area contributed by atoms with Gasteiger partial charge in [-0.3, -0.25) is 4.98 Å². The Kier molecular flexibility index (Phi) is 8.34. The monoisotopic (exact) mass is 591 g/mol. The van der Waals surface area contributed by atoms with E-state index in [4.69, 9.17) is 11.6 Å². The maximum absolute atomic E-state index is 15.9. The minimum Gasteiger partial charge on any atom is -0.377 e. The Balaban J connectivity index is 1.33. The van der Waals surface area contributed by atoms with E-state index in [0.29, 0.717) is 16.7 Å². The first kappa shape index (κ1) is 28.9. The van der Waals surface area contributed by atoms with Crippen molar-refractivity contribution in [3.8, 4) is 11.8 Å². The Hall–Kier alpha value is -4.59. The number of pyridine rings is 1. The van der Waals surface area contributed by atoms with Crippen LogP contribution >= 0.6 is 11.6 Å². The van der Waals surface area contributed by atoms with E-state index in [1.807, 2.05) is 48.5 Å². The van der Waals surface area contributed by atoms with Gasteiger partial charge in [0.25, 0.3) is 0 Å². The largest absolute Gasteiger partial charge is 0.377 e. The quantitative estimate of drug-likeness (QED) is 0.181. The first-order valence-electron chi connectivity index (χ1n) is 12.7. The molecule has 3 aromatic carbocycles. The van der Waals surface area contributed by atoms with Crippen LogP contribution in [0.4, 0.5) is 17.6 Å². The molecule has 0 saturated heterocycles. The summed E-state index contributed by atoms with van der Waals surface area (Å²) < 4.78 is 60.8. The average Bonchev–Trinajstić information content (AvgIpc) is 3.49. The lowest BCUT2D eigenvalue weighted by atomic mass is 9.84. The Morgan fingerprint density at radius 2 is 1.48 bits per heavy atom. The lowest BCUT2D eigenvalue weighted by Crippen LogP contribution is -2.48. The van der Waals surface area contributed by atoms with E-state index in [0.717, 1.165) is 59.4 Å². The van der Waals surface area contributed by atoms with Crippen molar-refractivity contribution in [2.75, 3.05) is 0 Å². The molecule has 0 aliphatic heterocycles. The highest BCUT2D eigenvalue weighted by molar-refractivity contribution is 6.30. The minimum absolute atomic E-state index is 0.346. The number of hydrogen-bond acceptors (Lipinski definition) is 5. The van der Waals surface area contributed by atoms with Gasteiger partial charge in [0.2, 0.25) is 0 Å². The summed E-state index contributed by atoms with van der Waals surface area (Å²) in [6.07, 6.45) is 3.83. The van der Waals surface area contributed by atoms with Gasteiger partial charge < -0.3 is 5.11 Å². The highest BCUT2D eigenvalue weighted by atomic mass is 35.5. The fourth-order valence-corrected chi connectivity index (χ4v) is 4.50. The van der Waals surface area contributed by atoms with Gasteiger partial charge in [0.15, 0.2) is 5.60 Å². The number of tetrazole rings is 1. The van der Waals surface area contributed by atoms with E-state index >= 15 is 8.78 Å². The van der Waals surface area contributed by atoms with Crippen molar-refractivity contribution in [3.05, 3.63) is 142 Å². The number of halogens is 5. The smallest absolute Gasteiger partial charge is 0.323 e. The standard InChI is InChI=1S/C31H22ClF4N5O/c32-25-12-9-23(10-13-25)6-5-21-1-3-22(4-2-21)7-8-24-11-16-29(37-18-24)31(35,36)30(42,19-41-20-38-39-40-41)27-15-14-26(33)17-28(27)34/h1-4,9-18,20,42H,5-6,19H2. The molecule has 42 heavy (non-hydrogen) atoms. The molecular formula is C31H22ClF4N5O. The lowest BCUT2D eigenvalue weighted by Gasteiger charge is -2.35. The van der Waals surface area contributed by atoms with Crippen molar-refractivity contribution >= 4 is 11.6 Å². The zero-order valence-electron chi connectivity index (χ0n) is 21.9. The van der Waals surface area contributed by atoms with E-state index in [2.05, 4.69) is 32.4 Å². The average molecular weight is 592 g/mol. The van der Waals surface area contributed by atoms with Crippen LogP contribution in [-0.4, -0.2) is 30.3 Å². The summed E-state index contributed by atoms with van der Waals surface area (Å²) in [4.78, 5) is 3.83. The zero-order valence-corrected chi connectivity index (χ0v) is 22.6. The maximum Gasteiger partial charge on any atom is 0.323 e.